The van der Waals surface area contributed by atoms with E-state index < -0.39 is 23.2 Å². The molecule has 2 amide bonds. The minimum Gasteiger partial charge on any atom is -0.389 e. The Bertz CT molecular complexity index is 527. The number of hydrazine groups is 1. The maximum atomic E-state index is 13.4. The zero-order valence-corrected chi connectivity index (χ0v) is 11.7. The summed E-state index contributed by atoms with van der Waals surface area (Å²) in [6, 6.07) is 5.97. The zero-order chi connectivity index (χ0) is 15.3. The van der Waals surface area contributed by atoms with Crippen molar-refractivity contribution >= 4 is 11.8 Å². The van der Waals surface area contributed by atoms with Crippen LogP contribution >= 0.6 is 0 Å². The second kappa shape index (κ2) is 6.67. The van der Waals surface area contributed by atoms with Crippen LogP contribution in [0.25, 0.3) is 0 Å². The van der Waals surface area contributed by atoms with Gasteiger partial charge in [0.15, 0.2) is 0 Å². The van der Waals surface area contributed by atoms with Gasteiger partial charge in [-0.2, -0.15) is 0 Å². The summed E-state index contributed by atoms with van der Waals surface area (Å²) in [5.74, 6) is -1.41. The Balaban J connectivity index is 1.76. The van der Waals surface area contributed by atoms with Crippen LogP contribution in [0.4, 0.5) is 4.39 Å². The number of amides is 2. The van der Waals surface area contributed by atoms with E-state index in [2.05, 4.69) is 10.9 Å². The molecule has 5 nitrogen and oxygen atoms in total. The zero-order valence-electron chi connectivity index (χ0n) is 11.7. The van der Waals surface area contributed by atoms with Crippen molar-refractivity contribution in [2.24, 2.45) is 0 Å². The summed E-state index contributed by atoms with van der Waals surface area (Å²) in [4.78, 5) is 23.3. The fourth-order valence-corrected chi connectivity index (χ4v) is 2.55. The molecule has 6 heteroatoms. The fraction of sp³-hybridized carbons (Fsp3) is 0.467. The van der Waals surface area contributed by atoms with Crippen molar-refractivity contribution in [2.75, 3.05) is 0 Å². The smallest absolute Gasteiger partial charge is 0.242 e. The molecule has 1 fully saturated rings. The Morgan fingerprint density at radius 2 is 1.76 bits per heavy atom. The van der Waals surface area contributed by atoms with E-state index in [9.17, 15) is 19.1 Å². The highest BCUT2D eigenvalue weighted by Crippen LogP contribution is 2.31. The second-order valence-electron chi connectivity index (χ2n) is 5.47. The third kappa shape index (κ3) is 4.53. The van der Waals surface area contributed by atoms with E-state index in [1.165, 1.54) is 12.1 Å². The lowest BCUT2D eigenvalue weighted by Gasteiger charge is -2.21. The van der Waals surface area contributed by atoms with Gasteiger partial charge in [0.1, 0.15) is 5.82 Å². The standard InChI is InChI=1S/C15H19FN2O3/c16-12-6-2-1-5-11(12)9-13(19)17-18-14(20)10-15(21)7-3-4-8-15/h1-2,5-6,21H,3-4,7-10H2,(H,17,19)(H,18,20). The Kier molecular flexibility index (Phi) is 4.90. The predicted molar refractivity (Wildman–Crippen MR) is 74.4 cm³/mol. The summed E-state index contributed by atoms with van der Waals surface area (Å²) in [5.41, 5.74) is 3.79. The Morgan fingerprint density at radius 3 is 2.43 bits per heavy atom. The van der Waals surface area contributed by atoms with Gasteiger partial charge in [0.25, 0.3) is 0 Å². The van der Waals surface area contributed by atoms with Crippen LogP contribution < -0.4 is 10.9 Å². The van der Waals surface area contributed by atoms with Gasteiger partial charge in [-0.15, -0.1) is 0 Å². The van der Waals surface area contributed by atoms with Gasteiger partial charge in [0, 0.05) is 0 Å². The van der Waals surface area contributed by atoms with Gasteiger partial charge in [0.05, 0.1) is 18.4 Å². The van der Waals surface area contributed by atoms with Crippen LogP contribution in [0.5, 0.6) is 0 Å². The normalized spacial score (nSPS) is 16.5. The molecule has 0 saturated heterocycles. The Labute approximate surface area is 122 Å². The van der Waals surface area contributed by atoms with Crippen LogP contribution in [0, 0.1) is 5.82 Å². The van der Waals surface area contributed by atoms with E-state index in [-0.39, 0.29) is 18.4 Å². The van der Waals surface area contributed by atoms with E-state index in [1.54, 1.807) is 12.1 Å². The van der Waals surface area contributed by atoms with Crippen molar-refractivity contribution in [1.82, 2.24) is 10.9 Å². The number of nitrogens with one attached hydrogen (secondary N) is 2. The van der Waals surface area contributed by atoms with Gasteiger partial charge in [-0.3, -0.25) is 20.4 Å². The molecule has 0 aliphatic heterocycles. The summed E-state index contributed by atoms with van der Waals surface area (Å²) < 4.78 is 13.4. The molecule has 0 unspecified atom stereocenters. The lowest BCUT2D eigenvalue weighted by atomic mass is 9.98. The molecule has 0 bridgehead atoms. The summed E-state index contributed by atoms with van der Waals surface area (Å²) in [6.07, 6.45) is 2.82. The Morgan fingerprint density at radius 1 is 1.14 bits per heavy atom. The van der Waals surface area contributed by atoms with Crippen molar-refractivity contribution < 1.29 is 19.1 Å². The maximum absolute atomic E-state index is 13.4. The molecule has 1 aromatic carbocycles. The van der Waals surface area contributed by atoms with Crippen LogP contribution in [0.15, 0.2) is 24.3 Å². The molecule has 1 aromatic rings. The first-order chi connectivity index (χ1) is 9.98. The van der Waals surface area contributed by atoms with Crippen LogP contribution in [0.1, 0.15) is 37.7 Å². The molecule has 114 valence electrons. The van der Waals surface area contributed by atoms with E-state index in [0.29, 0.717) is 12.8 Å². The van der Waals surface area contributed by atoms with Crippen molar-refractivity contribution in [3.8, 4) is 0 Å². The van der Waals surface area contributed by atoms with Gasteiger partial charge < -0.3 is 5.11 Å². The topological polar surface area (TPSA) is 78.4 Å². The summed E-state index contributed by atoms with van der Waals surface area (Å²) in [7, 11) is 0. The van der Waals surface area contributed by atoms with Crippen LogP contribution in [-0.2, 0) is 16.0 Å². The predicted octanol–water partition coefficient (Wildman–Crippen LogP) is 1.21. The minimum absolute atomic E-state index is 0.0347. The molecule has 0 heterocycles. The average Bonchev–Trinajstić information content (AvgIpc) is 2.85. The summed E-state index contributed by atoms with van der Waals surface area (Å²) in [6.45, 7) is 0. The molecule has 1 aliphatic rings. The number of benzene rings is 1. The first-order valence-electron chi connectivity index (χ1n) is 7.02. The maximum Gasteiger partial charge on any atom is 0.242 e. The van der Waals surface area contributed by atoms with E-state index in [1.807, 2.05) is 0 Å². The third-order valence-electron chi connectivity index (χ3n) is 3.67. The van der Waals surface area contributed by atoms with E-state index in [0.717, 1.165) is 12.8 Å². The number of hydrogen-bond donors (Lipinski definition) is 3. The minimum atomic E-state index is -0.958. The number of aliphatic hydroxyl groups is 1. The highest BCUT2D eigenvalue weighted by Gasteiger charge is 2.33. The first-order valence-corrected chi connectivity index (χ1v) is 7.02. The molecule has 1 aliphatic carbocycles. The van der Waals surface area contributed by atoms with Gasteiger partial charge in [-0.1, -0.05) is 31.0 Å². The SMILES string of the molecule is O=C(Cc1ccccc1F)NNC(=O)CC1(O)CCCC1. The highest BCUT2D eigenvalue weighted by atomic mass is 19.1. The van der Waals surface area contributed by atoms with Crippen LogP contribution in [-0.4, -0.2) is 22.5 Å². The molecule has 0 radical (unpaired) electrons. The summed E-state index contributed by atoms with van der Waals surface area (Å²) >= 11 is 0. The van der Waals surface area contributed by atoms with Gasteiger partial charge in [-0.05, 0) is 24.5 Å². The third-order valence-corrected chi connectivity index (χ3v) is 3.67. The molecule has 3 N–H and O–H groups in total. The highest BCUT2D eigenvalue weighted by molar-refractivity contribution is 5.83. The van der Waals surface area contributed by atoms with Crippen molar-refractivity contribution in [1.29, 1.82) is 0 Å². The fourth-order valence-electron chi connectivity index (χ4n) is 2.55. The quantitative estimate of drug-likeness (QED) is 0.730. The lowest BCUT2D eigenvalue weighted by Crippen LogP contribution is -2.45. The number of hydrogen-bond acceptors (Lipinski definition) is 3. The molecule has 0 aromatic heterocycles. The number of rotatable bonds is 4. The molecular weight excluding hydrogens is 275 g/mol. The monoisotopic (exact) mass is 294 g/mol. The molecule has 21 heavy (non-hydrogen) atoms. The van der Waals surface area contributed by atoms with Crippen LogP contribution in [0.3, 0.4) is 0 Å². The van der Waals surface area contributed by atoms with E-state index >= 15 is 0 Å². The first kappa shape index (κ1) is 15.4. The summed E-state index contributed by atoms with van der Waals surface area (Å²) in [5, 5.41) is 10.1. The van der Waals surface area contributed by atoms with Crippen molar-refractivity contribution in [3.63, 3.8) is 0 Å². The van der Waals surface area contributed by atoms with Crippen molar-refractivity contribution in [3.05, 3.63) is 35.6 Å². The molecular formula is C15H19FN2O3. The largest absolute Gasteiger partial charge is 0.389 e. The van der Waals surface area contributed by atoms with E-state index in [4.69, 9.17) is 0 Å². The number of carbonyl (C=O) groups is 2. The Hall–Kier alpha value is -1.95. The van der Waals surface area contributed by atoms with Gasteiger partial charge >= 0.3 is 0 Å². The molecule has 2 rings (SSSR count). The van der Waals surface area contributed by atoms with Crippen LogP contribution in [0.2, 0.25) is 0 Å². The molecule has 0 atom stereocenters. The molecule has 0 spiro atoms. The average molecular weight is 294 g/mol. The molecule has 1 saturated carbocycles. The van der Waals surface area contributed by atoms with Crippen molar-refractivity contribution in [2.45, 2.75) is 44.1 Å². The number of carbonyl (C=O) groups excluding carboxylic acids is 2. The number of halogens is 1. The van der Waals surface area contributed by atoms with Gasteiger partial charge in [0.2, 0.25) is 11.8 Å². The van der Waals surface area contributed by atoms with Gasteiger partial charge in [-0.25, -0.2) is 4.39 Å². The lowest BCUT2D eigenvalue weighted by molar-refractivity contribution is -0.131. The second-order valence-corrected chi connectivity index (χ2v) is 5.47.